The predicted octanol–water partition coefficient (Wildman–Crippen LogP) is 1.16. The van der Waals surface area contributed by atoms with Crippen LogP contribution in [0.3, 0.4) is 0 Å². The Morgan fingerprint density at radius 2 is 1.89 bits per heavy atom. The fourth-order valence-electron chi connectivity index (χ4n) is 3.45. The molecule has 8 heteroatoms. The zero-order valence-electron chi connectivity index (χ0n) is 15.7. The van der Waals surface area contributed by atoms with Crippen LogP contribution in [0.25, 0.3) is 23.0 Å². The van der Waals surface area contributed by atoms with Crippen molar-refractivity contribution in [3.8, 4) is 0 Å². The van der Waals surface area contributed by atoms with Crippen molar-refractivity contribution in [3.05, 3.63) is 74.7 Å². The zero-order valence-corrected chi connectivity index (χ0v) is 15.7. The first kappa shape index (κ1) is 18.0. The van der Waals surface area contributed by atoms with Crippen molar-refractivity contribution >= 4 is 23.0 Å². The average Bonchev–Trinajstić information content (AvgIpc) is 3.20. The maximum atomic E-state index is 13.1. The van der Waals surface area contributed by atoms with Crippen LogP contribution in [-0.2, 0) is 20.1 Å². The second kappa shape index (κ2) is 6.97. The van der Waals surface area contributed by atoms with Gasteiger partial charge in [0.2, 0.25) is 5.78 Å². The molecule has 0 radical (unpaired) electrons. The summed E-state index contributed by atoms with van der Waals surface area (Å²) in [7, 11) is 1.61. The molecule has 0 amide bonds. The SMILES string of the molecule is Cc1cn2c3c(=O)n(C/C=C/c4ccccc4)c(=O)n(C)c3nc2n1CCO. The van der Waals surface area contributed by atoms with E-state index in [0.29, 0.717) is 23.5 Å². The molecule has 3 aromatic heterocycles. The number of rotatable bonds is 5. The Bertz CT molecular complexity index is 1310. The third-order valence-corrected chi connectivity index (χ3v) is 4.86. The lowest BCUT2D eigenvalue weighted by Gasteiger charge is -2.05. The first-order chi connectivity index (χ1) is 13.5. The van der Waals surface area contributed by atoms with E-state index in [4.69, 9.17) is 0 Å². The third kappa shape index (κ3) is 2.78. The highest BCUT2D eigenvalue weighted by molar-refractivity contribution is 5.75. The monoisotopic (exact) mass is 379 g/mol. The van der Waals surface area contributed by atoms with Gasteiger partial charge in [0.25, 0.3) is 5.56 Å². The van der Waals surface area contributed by atoms with Crippen molar-refractivity contribution in [2.45, 2.75) is 20.0 Å². The van der Waals surface area contributed by atoms with Gasteiger partial charge in [0.05, 0.1) is 6.61 Å². The molecule has 28 heavy (non-hydrogen) atoms. The van der Waals surface area contributed by atoms with Crippen LogP contribution in [0, 0.1) is 6.92 Å². The van der Waals surface area contributed by atoms with Crippen LogP contribution in [0.1, 0.15) is 11.3 Å². The molecule has 3 heterocycles. The van der Waals surface area contributed by atoms with E-state index in [1.165, 1.54) is 9.13 Å². The summed E-state index contributed by atoms with van der Waals surface area (Å²) in [5.41, 5.74) is 1.76. The lowest BCUT2D eigenvalue weighted by atomic mass is 10.2. The second-order valence-corrected chi connectivity index (χ2v) is 6.67. The molecule has 8 nitrogen and oxygen atoms in total. The summed E-state index contributed by atoms with van der Waals surface area (Å²) in [4.78, 5) is 30.3. The predicted molar refractivity (Wildman–Crippen MR) is 107 cm³/mol. The number of hydrogen-bond acceptors (Lipinski definition) is 4. The van der Waals surface area contributed by atoms with Crippen LogP contribution >= 0.6 is 0 Å². The number of benzene rings is 1. The molecule has 4 rings (SSSR count). The van der Waals surface area contributed by atoms with E-state index in [9.17, 15) is 14.7 Å². The van der Waals surface area contributed by atoms with Crippen molar-refractivity contribution in [2.24, 2.45) is 7.05 Å². The molecule has 0 spiro atoms. The van der Waals surface area contributed by atoms with Crippen LogP contribution in [-0.4, -0.2) is 34.8 Å². The van der Waals surface area contributed by atoms with Gasteiger partial charge in [0.15, 0.2) is 11.2 Å². The molecule has 0 aliphatic heterocycles. The highest BCUT2D eigenvalue weighted by atomic mass is 16.3. The van der Waals surface area contributed by atoms with E-state index in [1.54, 1.807) is 23.7 Å². The van der Waals surface area contributed by atoms with Gasteiger partial charge in [-0.3, -0.25) is 18.3 Å². The van der Waals surface area contributed by atoms with Crippen LogP contribution in [0.4, 0.5) is 0 Å². The van der Waals surface area contributed by atoms with Gasteiger partial charge in [-0.1, -0.05) is 42.5 Å². The third-order valence-electron chi connectivity index (χ3n) is 4.86. The molecule has 0 fully saturated rings. The number of aryl methyl sites for hydroxylation is 2. The molecular formula is C20H21N5O3. The summed E-state index contributed by atoms with van der Waals surface area (Å²) in [6, 6.07) is 9.70. The maximum absolute atomic E-state index is 13.1. The van der Waals surface area contributed by atoms with Crippen molar-refractivity contribution in [3.63, 3.8) is 0 Å². The Balaban J connectivity index is 1.87. The molecule has 0 aliphatic carbocycles. The normalized spacial score (nSPS) is 12.0. The minimum Gasteiger partial charge on any atom is -0.395 e. The summed E-state index contributed by atoms with van der Waals surface area (Å²) in [6.07, 6.45) is 5.48. The highest BCUT2D eigenvalue weighted by Gasteiger charge is 2.19. The largest absolute Gasteiger partial charge is 0.395 e. The summed E-state index contributed by atoms with van der Waals surface area (Å²) >= 11 is 0. The van der Waals surface area contributed by atoms with E-state index in [0.717, 1.165) is 11.3 Å². The van der Waals surface area contributed by atoms with Crippen LogP contribution in [0.2, 0.25) is 0 Å². The molecule has 1 aromatic carbocycles. The van der Waals surface area contributed by atoms with Crippen molar-refractivity contribution in [1.29, 1.82) is 0 Å². The van der Waals surface area contributed by atoms with Gasteiger partial charge in [0.1, 0.15) is 0 Å². The number of aliphatic hydroxyl groups excluding tert-OH is 1. The van der Waals surface area contributed by atoms with E-state index in [-0.39, 0.29) is 18.7 Å². The molecule has 4 aromatic rings. The van der Waals surface area contributed by atoms with Gasteiger partial charge in [-0.15, -0.1) is 0 Å². The van der Waals surface area contributed by atoms with Crippen LogP contribution < -0.4 is 11.2 Å². The summed E-state index contributed by atoms with van der Waals surface area (Å²) < 4.78 is 6.11. The van der Waals surface area contributed by atoms with Gasteiger partial charge >= 0.3 is 5.69 Å². The fourth-order valence-corrected chi connectivity index (χ4v) is 3.45. The summed E-state index contributed by atoms with van der Waals surface area (Å²) in [5, 5.41) is 9.30. The minimum absolute atomic E-state index is 0.0399. The van der Waals surface area contributed by atoms with Gasteiger partial charge in [0, 0.05) is 32.0 Å². The number of aromatic nitrogens is 5. The van der Waals surface area contributed by atoms with Crippen molar-refractivity contribution < 1.29 is 5.11 Å². The van der Waals surface area contributed by atoms with Gasteiger partial charge in [-0.25, -0.2) is 4.79 Å². The Morgan fingerprint density at radius 1 is 1.14 bits per heavy atom. The number of hydrogen-bond donors (Lipinski definition) is 1. The Morgan fingerprint density at radius 3 is 2.61 bits per heavy atom. The number of aliphatic hydroxyl groups is 1. The van der Waals surface area contributed by atoms with Gasteiger partial charge in [-0.2, -0.15) is 4.98 Å². The van der Waals surface area contributed by atoms with Crippen molar-refractivity contribution in [2.75, 3.05) is 6.61 Å². The highest BCUT2D eigenvalue weighted by Crippen LogP contribution is 2.15. The number of imidazole rings is 2. The van der Waals surface area contributed by atoms with E-state index in [1.807, 2.05) is 47.9 Å². The molecule has 0 saturated heterocycles. The topological polar surface area (TPSA) is 86.5 Å². The molecule has 0 atom stereocenters. The molecular weight excluding hydrogens is 358 g/mol. The molecule has 0 bridgehead atoms. The Kier molecular flexibility index (Phi) is 4.48. The molecule has 0 saturated carbocycles. The van der Waals surface area contributed by atoms with E-state index < -0.39 is 5.69 Å². The first-order valence-corrected chi connectivity index (χ1v) is 9.03. The standard InChI is InChI=1S/C20H21N5O3/c1-14-13-25-16-17(21-19(25)23(14)11-12-26)22(2)20(28)24(18(16)27)10-6-9-15-7-4-3-5-8-15/h3-9,13,26H,10-12H2,1-2H3/b9-6+. The second-order valence-electron chi connectivity index (χ2n) is 6.67. The van der Waals surface area contributed by atoms with Crippen LogP contribution in [0.15, 0.2) is 52.2 Å². The van der Waals surface area contributed by atoms with Gasteiger partial charge in [-0.05, 0) is 12.5 Å². The lowest BCUT2D eigenvalue weighted by molar-refractivity contribution is 0.276. The van der Waals surface area contributed by atoms with E-state index in [2.05, 4.69) is 4.98 Å². The Labute approximate surface area is 160 Å². The maximum Gasteiger partial charge on any atom is 0.332 e. The molecule has 1 N–H and O–H groups in total. The average molecular weight is 379 g/mol. The smallest absolute Gasteiger partial charge is 0.332 e. The molecule has 0 aliphatic rings. The Hall–Kier alpha value is -3.39. The number of allylic oxidation sites excluding steroid dienone is 1. The summed E-state index contributed by atoms with van der Waals surface area (Å²) in [5.74, 6) is 0.534. The van der Waals surface area contributed by atoms with Crippen molar-refractivity contribution in [1.82, 2.24) is 23.1 Å². The number of nitrogens with zero attached hydrogens (tertiary/aromatic N) is 5. The lowest BCUT2D eigenvalue weighted by Crippen LogP contribution is -2.39. The molecule has 144 valence electrons. The minimum atomic E-state index is -0.415. The summed E-state index contributed by atoms with van der Waals surface area (Å²) in [6.45, 7) is 2.38. The van der Waals surface area contributed by atoms with E-state index >= 15 is 0 Å². The van der Waals surface area contributed by atoms with Gasteiger partial charge < -0.3 is 9.67 Å². The fraction of sp³-hybridized carbons (Fsp3) is 0.250. The van der Waals surface area contributed by atoms with Crippen LogP contribution in [0.5, 0.6) is 0 Å². The zero-order chi connectivity index (χ0) is 19.8. The number of fused-ring (bicyclic) bond motifs is 3. The first-order valence-electron chi connectivity index (χ1n) is 9.03. The molecule has 0 unspecified atom stereocenters. The quantitative estimate of drug-likeness (QED) is 0.564.